The first kappa shape index (κ1) is 15.8. The zero-order valence-electron chi connectivity index (χ0n) is 12.0. The van der Waals surface area contributed by atoms with Crippen LogP contribution >= 0.6 is 11.6 Å². The summed E-state index contributed by atoms with van der Waals surface area (Å²) in [5.74, 6) is -0.686. The molecule has 1 aromatic rings. The molecule has 0 radical (unpaired) electrons. The number of nitrogens with zero attached hydrogens (tertiary/aromatic N) is 2. The van der Waals surface area contributed by atoms with Crippen molar-refractivity contribution in [3.63, 3.8) is 0 Å². The summed E-state index contributed by atoms with van der Waals surface area (Å²) in [7, 11) is 0. The number of amides is 1. The van der Waals surface area contributed by atoms with Gasteiger partial charge in [-0.1, -0.05) is 18.5 Å². The number of ether oxygens (including phenoxy) is 1. The van der Waals surface area contributed by atoms with Crippen molar-refractivity contribution in [1.29, 1.82) is 0 Å². The molecule has 2 heterocycles. The number of rotatable bonds is 4. The van der Waals surface area contributed by atoms with Crippen LogP contribution in [0.5, 0.6) is 0 Å². The number of likely N-dealkylation sites (tertiary alicyclic amines) is 1. The average molecular weight is 311 g/mol. The Bertz CT molecular complexity index is 504. The molecule has 1 saturated heterocycles. The second kappa shape index (κ2) is 7.41. The smallest absolute Gasteiger partial charge is 0.340 e. The SMILES string of the molecule is CCC1CCCCN1C(=O)COC(=O)c1ccc(Cl)nc1. The summed E-state index contributed by atoms with van der Waals surface area (Å²) in [5.41, 5.74) is 0.290. The van der Waals surface area contributed by atoms with Gasteiger partial charge in [0.25, 0.3) is 5.91 Å². The van der Waals surface area contributed by atoms with Gasteiger partial charge in [0, 0.05) is 18.8 Å². The quantitative estimate of drug-likeness (QED) is 0.633. The molecule has 0 aliphatic carbocycles. The highest BCUT2D eigenvalue weighted by Gasteiger charge is 2.26. The fourth-order valence-electron chi connectivity index (χ4n) is 2.54. The van der Waals surface area contributed by atoms with Crippen molar-refractivity contribution in [2.24, 2.45) is 0 Å². The molecule has 0 bridgehead atoms. The number of hydrogen-bond acceptors (Lipinski definition) is 4. The number of carbonyl (C=O) groups is 2. The van der Waals surface area contributed by atoms with Crippen LogP contribution in [-0.2, 0) is 9.53 Å². The summed E-state index contributed by atoms with van der Waals surface area (Å²) in [6, 6.07) is 3.30. The number of aromatic nitrogens is 1. The van der Waals surface area contributed by atoms with E-state index < -0.39 is 5.97 Å². The summed E-state index contributed by atoms with van der Waals surface area (Å²) >= 11 is 5.65. The van der Waals surface area contributed by atoms with E-state index in [0.29, 0.717) is 5.15 Å². The van der Waals surface area contributed by atoms with Gasteiger partial charge in [-0.05, 0) is 37.8 Å². The Hall–Kier alpha value is -1.62. The Labute approximate surface area is 129 Å². The molecule has 1 aliphatic rings. The van der Waals surface area contributed by atoms with E-state index in [9.17, 15) is 9.59 Å². The Balaban J connectivity index is 1.88. The fourth-order valence-corrected chi connectivity index (χ4v) is 2.66. The minimum absolute atomic E-state index is 0.128. The first-order valence-corrected chi connectivity index (χ1v) is 7.57. The van der Waals surface area contributed by atoms with E-state index >= 15 is 0 Å². The van der Waals surface area contributed by atoms with Gasteiger partial charge in [0.1, 0.15) is 5.15 Å². The normalized spacial score (nSPS) is 18.4. The highest BCUT2D eigenvalue weighted by Crippen LogP contribution is 2.19. The molecule has 1 fully saturated rings. The molecule has 1 aromatic heterocycles. The molecule has 1 aliphatic heterocycles. The standard InChI is InChI=1S/C15H19ClN2O3/c1-2-12-5-3-4-8-18(12)14(19)10-21-15(20)11-6-7-13(16)17-9-11/h6-7,9,12H,2-5,8,10H2,1H3. The number of halogens is 1. The van der Waals surface area contributed by atoms with E-state index in [1.165, 1.54) is 18.3 Å². The summed E-state index contributed by atoms with van der Waals surface area (Å²) in [6.45, 7) is 2.59. The maximum atomic E-state index is 12.2. The van der Waals surface area contributed by atoms with Gasteiger partial charge in [0.15, 0.2) is 6.61 Å². The lowest BCUT2D eigenvalue weighted by molar-refractivity contribution is -0.138. The molecule has 0 spiro atoms. The van der Waals surface area contributed by atoms with Crippen molar-refractivity contribution >= 4 is 23.5 Å². The van der Waals surface area contributed by atoms with Gasteiger partial charge < -0.3 is 9.64 Å². The number of carbonyl (C=O) groups excluding carboxylic acids is 2. The third-order valence-corrected chi connectivity index (χ3v) is 3.93. The minimum Gasteiger partial charge on any atom is -0.452 e. The van der Waals surface area contributed by atoms with Gasteiger partial charge in [-0.25, -0.2) is 9.78 Å². The number of pyridine rings is 1. The van der Waals surface area contributed by atoms with Crippen LogP contribution in [0.2, 0.25) is 5.15 Å². The van der Waals surface area contributed by atoms with Crippen LogP contribution in [0.4, 0.5) is 0 Å². The van der Waals surface area contributed by atoms with E-state index in [0.717, 1.165) is 32.2 Å². The van der Waals surface area contributed by atoms with Crippen molar-refractivity contribution in [1.82, 2.24) is 9.88 Å². The lowest BCUT2D eigenvalue weighted by Crippen LogP contribution is -2.45. The molecule has 0 N–H and O–H groups in total. The maximum Gasteiger partial charge on any atom is 0.340 e. The number of piperidine rings is 1. The Morgan fingerprint density at radius 2 is 2.24 bits per heavy atom. The summed E-state index contributed by atoms with van der Waals surface area (Å²) in [6.07, 6.45) is 5.46. The zero-order chi connectivity index (χ0) is 15.2. The zero-order valence-corrected chi connectivity index (χ0v) is 12.8. The molecular weight excluding hydrogens is 292 g/mol. The molecule has 0 aromatic carbocycles. The first-order chi connectivity index (χ1) is 10.1. The topological polar surface area (TPSA) is 59.5 Å². The predicted molar refractivity (Wildman–Crippen MR) is 79.2 cm³/mol. The van der Waals surface area contributed by atoms with Crippen molar-refractivity contribution < 1.29 is 14.3 Å². The van der Waals surface area contributed by atoms with E-state index in [4.69, 9.17) is 16.3 Å². The first-order valence-electron chi connectivity index (χ1n) is 7.20. The molecule has 1 amide bonds. The van der Waals surface area contributed by atoms with Gasteiger partial charge in [-0.15, -0.1) is 0 Å². The summed E-state index contributed by atoms with van der Waals surface area (Å²) in [5, 5.41) is 0.307. The molecule has 6 heteroatoms. The summed E-state index contributed by atoms with van der Waals surface area (Å²) < 4.78 is 5.06. The van der Waals surface area contributed by atoms with Crippen molar-refractivity contribution in [2.75, 3.05) is 13.2 Å². The van der Waals surface area contributed by atoms with Crippen molar-refractivity contribution in [2.45, 2.75) is 38.6 Å². The van der Waals surface area contributed by atoms with E-state index in [1.54, 1.807) is 0 Å². The van der Waals surface area contributed by atoms with Gasteiger partial charge >= 0.3 is 5.97 Å². The Morgan fingerprint density at radius 1 is 1.43 bits per heavy atom. The largest absolute Gasteiger partial charge is 0.452 e. The fraction of sp³-hybridized carbons (Fsp3) is 0.533. The van der Waals surface area contributed by atoms with Crippen LogP contribution in [0.25, 0.3) is 0 Å². The maximum absolute atomic E-state index is 12.2. The Morgan fingerprint density at radius 3 is 2.90 bits per heavy atom. The minimum atomic E-state index is -0.558. The van der Waals surface area contributed by atoms with E-state index in [-0.39, 0.29) is 24.1 Å². The monoisotopic (exact) mass is 310 g/mol. The van der Waals surface area contributed by atoms with Gasteiger partial charge in [0.05, 0.1) is 5.56 Å². The molecule has 114 valence electrons. The molecule has 5 nitrogen and oxygen atoms in total. The second-order valence-electron chi connectivity index (χ2n) is 5.09. The van der Waals surface area contributed by atoms with E-state index in [1.807, 2.05) is 4.90 Å². The molecule has 21 heavy (non-hydrogen) atoms. The van der Waals surface area contributed by atoms with Gasteiger partial charge in [-0.3, -0.25) is 4.79 Å². The van der Waals surface area contributed by atoms with Gasteiger partial charge in [0.2, 0.25) is 0 Å². The van der Waals surface area contributed by atoms with Crippen LogP contribution in [0.1, 0.15) is 43.0 Å². The van der Waals surface area contributed by atoms with Crippen LogP contribution < -0.4 is 0 Å². The van der Waals surface area contributed by atoms with Crippen LogP contribution in [0.3, 0.4) is 0 Å². The van der Waals surface area contributed by atoms with Crippen molar-refractivity contribution in [3.8, 4) is 0 Å². The lowest BCUT2D eigenvalue weighted by Gasteiger charge is -2.35. The molecular formula is C15H19ClN2O3. The van der Waals surface area contributed by atoms with E-state index in [2.05, 4.69) is 11.9 Å². The van der Waals surface area contributed by atoms with Crippen molar-refractivity contribution in [3.05, 3.63) is 29.0 Å². The van der Waals surface area contributed by atoms with Crippen LogP contribution in [-0.4, -0.2) is 41.0 Å². The number of esters is 1. The van der Waals surface area contributed by atoms with Gasteiger partial charge in [-0.2, -0.15) is 0 Å². The highest BCUT2D eigenvalue weighted by molar-refractivity contribution is 6.29. The average Bonchev–Trinajstić information content (AvgIpc) is 2.52. The molecule has 0 saturated carbocycles. The van der Waals surface area contributed by atoms with Crippen LogP contribution in [0, 0.1) is 0 Å². The Kier molecular flexibility index (Phi) is 5.56. The molecule has 1 unspecified atom stereocenters. The second-order valence-corrected chi connectivity index (χ2v) is 5.48. The number of hydrogen-bond donors (Lipinski definition) is 0. The highest BCUT2D eigenvalue weighted by atomic mass is 35.5. The lowest BCUT2D eigenvalue weighted by atomic mass is 10.00. The van der Waals surface area contributed by atoms with Crippen LogP contribution in [0.15, 0.2) is 18.3 Å². The third-order valence-electron chi connectivity index (χ3n) is 3.71. The molecule has 2 rings (SSSR count). The third kappa shape index (κ3) is 4.17. The predicted octanol–water partition coefficient (Wildman–Crippen LogP) is 2.68. The summed E-state index contributed by atoms with van der Waals surface area (Å²) in [4.78, 5) is 29.6. The molecule has 1 atom stereocenters.